The van der Waals surface area contributed by atoms with Gasteiger partial charge in [0.15, 0.2) is 0 Å². The number of nitro benzene ring substituents is 1. The van der Waals surface area contributed by atoms with Gasteiger partial charge in [0.2, 0.25) is 0 Å². The van der Waals surface area contributed by atoms with Crippen molar-refractivity contribution in [2.24, 2.45) is 0 Å². The third kappa shape index (κ3) is 3.80. The lowest BCUT2D eigenvalue weighted by molar-refractivity contribution is -0.385. The molecule has 0 saturated heterocycles. The number of hydrogen-bond acceptors (Lipinski definition) is 4. The second kappa shape index (κ2) is 6.12. The summed E-state index contributed by atoms with van der Waals surface area (Å²) in [5.74, 6) is 0. The van der Waals surface area contributed by atoms with Crippen LogP contribution in [-0.2, 0) is 10.0 Å². The quantitative estimate of drug-likeness (QED) is 0.582. The normalized spacial score (nSPS) is 11.1. The molecule has 0 aliphatic rings. The van der Waals surface area contributed by atoms with Crippen LogP contribution in [0.5, 0.6) is 0 Å². The lowest BCUT2D eigenvalue weighted by Crippen LogP contribution is -2.13. The zero-order valence-electron chi connectivity index (χ0n) is 10.3. The summed E-state index contributed by atoms with van der Waals surface area (Å²) in [7, 11) is -3.81. The average molecular weight is 436 g/mol. The van der Waals surface area contributed by atoms with Gasteiger partial charge in [-0.1, -0.05) is 22.0 Å². The number of nitrogens with zero attached hydrogens (tertiary/aromatic N) is 1. The molecule has 1 N–H and O–H groups in total. The van der Waals surface area contributed by atoms with Crippen LogP contribution in [0.4, 0.5) is 11.4 Å². The van der Waals surface area contributed by atoms with Gasteiger partial charge in [-0.05, 0) is 46.3 Å². The molecule has 0 atom stereocenters. The Morgan fingerprint density at radius 1 is 1.10 bits per heavy atom. The van der Waals surface area contributed by atoms with Crippen molar-refractivity contribution in [3.63, 3.8) is 0 Å². The van der Waals surface area contributed by atoms with Gasteiger partial charge in [0.05, 0.1) is 20.0 Å². The third-order valence-electron chi connectivity index (χ3n) is 2.50. The molecule has 0 saturated carbocycles. The lowest BCUT2D eigenvalue weighted by Gasteiger charge is -2.08. The van der Waals surface area contributed by atoms with E-state index in [0.29, 0.717) is 4.47 Å². The van der Waals surface area contributed by atoms with Gasteiger partial charge in [-0.25, -0.2) is 8.42 Å². The summed E-state index contributed by atoms with van der Waals surface area (Å²) >= 11 is 6.23. The SMILES string of the molecule is O=[N+]([O-])c1cc(NS(=O)(=O)c2cccc(Br)c2)ccc1Br. The molecule has 110 valence electrons. The molecule has 0 radical (unpaired) electrons. The predicted molar refractivity (Wildman–Crippen MR) is 85.7 cm³/mol. The van der Waals surface area contributed by atoms with Gasteiger partial charge in [-0.15, -0.1) is 0 Å². The van der Waals surface area contributed by atoms with Gasteiger partial charge >= 0.3 is 0 Å². The second-order valence-electron chi connectivity index (χ2n) is 3.99. The Morgan fingerprint density at radius 2 is 1.81 bits per heavy atom. The molecule has 21 heavy (non-hydrogen) atoms. The zero-order chi connectivity index (χ0) is 15.6. The van der Waals surface area contributed by atoms with Gasteiger partial charge < -0.3 is 0 Å². The van der Waals surface area contributed by atoms with E-state index in [-0.39, 0.29) is 20.7 Å². The number of nitro groups is 1. The molecule has 0 aliphatic carbocycles. The Hall–Kier alpha value is -1.45. The predicted octanol–water partition coefficient (Wildman–Crippen LogP) is 3.92. The molecule has 0 bridgehead atoms. The molecule has 6 nitrogen and oxygen atoms in total. The lowest BCUT2D eigenvalue weighted by atomic mass is 10.3. The van der Waals surface area contributed by atoms with Crippen molar-refractivity contribution in [3.8, 4) is 0 Å². The van der Waals surface area contributed by atoms with Crippen LogP contribution in [-0.4, -0.2) is 13.3 Å². The molecule has 2 aromatic carbocycles. The summed E-state index contributed by atoms with van der Waals surface area (Å²) < 4.78 is 27.6. The maximum Gasteiger partial charge on any atom is 0.285 e. The Labute approximate surface area is 137 Å². The van der Waals surface area contributed by atoms with Crippen LogP contribution in [0.1, 0.15) is 0 Å². The van der Waals surface area contributed by atoms with Gasteiger partial charge in [-0.2, -0.15) is 0 Å². The standard InChI is InChI=1S/C12H8Br2N2O4S/c13-8-2-1-3-10(6-8)21(19,20)15-9-4-5-11(14)12(7-9)16(17)18/h1-7,15H. The topological polar surface area (TPSA) is 89.3 Å². The van der Waals surface area contributed by atoms with E-state index in [1.807, 2.05) is 0 Å². The number of halogens is 2. The van der Waals surface area contributed by atoms with E-state index in [4.69, 9.17) is 0 Å². The maximum absolute atomic E-state index is 12.2. The van der Waals surface area contributed by atoms with E-state index in [2.05, 4.69) is 36.6 Å². The summed E-state index contributed by atoms with van der Waals surface area (Å²) in [6, 6.07) is 10.2. The van der Waals surface area contributed by atoms with Gasteiger partial charge in [-0.3, -0.25) is 14.8 Å². The first-order valence-corrected chi connectivity index (χ1v) is 8.59. The monoisotopic (exact) mass is 434 g/mol. The number of anilines is 1. The fourth-order valence-corrected chi connectivity index (χ4v) is 3.60. The summed E-state index contributed by atoms with van der Waals surface area (Å²) in [5, 5.41) is 10.8. The first-order valence-electron chi connectivity index (χ1n) is 5.52. The van der Waals surface area contributed by atoms with Crippen molar-refractivity contribution in [2.45, 2.75) is 4.90 Å². The summed E-state index contributed by atoms with van der Waals surface area (Å²) in [4.78, 5) is 10.3. The van der Waals surface area contributed by atoms with Crippen molar-refractivity contribution >= 4 is 53.3 Å². The largest absolute Gasteiger partial charge is 0.285 e. The molecule has 2 rings (SSSR count). The first kappa shape index (κ1) is 15.9. The number of hydrogen-bond donors (Lipinski definition) is 1. The Bertz CT molecular complexity index is 809. The Morgan fingerprint density at radius 3 is 2.43 bits per heavy atom. The van der Waals surface area contributed by atoms with Crippen LogP contribution >= 0.6 is 31.9 Å². The van der Waals surface area contributed by atoms with Crippen LogP contribution in [0, 0.1) is 10.1 Å². The van der Waals surface area contributed by atoms with E-state index in [1.165, 1.54) is 24.3 Å². The van der Waals surface area contributed by atoms with Crippen LogP contribution in [0.15, 0.2) is 56.3 Å². The molecule has 0 heterocycles. The highest BCUT2D eigenvalue weighted by atomic mass is 79.9. The molecule has 0 spiro atoms. The van der Waals surface area contributed by atoms with Gasteiger partial charge in [0.25, 0.3) is 15.7 Å². The first-order chi connectivity index (χ1) is 9.79. The van der Waals surface area contributed by atoms with E-state index < -0.39 is 14.9 Å². The third-order valence-corrected chi connectivity index (χ3v) is 5.04. The second-order valence-corrected chi connectivity index (χ2v) is 7.44. The molecular weight excluding hydrogens is 428 g/mol. The number of sulfonamides is 1. The fourth-order valence-electron chi connectivity index (χ4n) is 1.56. The molecule has 0 fully saturated rings. The van der Waals surface area contributed by atoms with Crippen molar-refractivity contribution in [1.82, 2.24) is 0 Å². The average Bonchev–Trinajstić information content (AvgIpc) is 2.40. The maximum atomic E-state index is 12.2. The van der Waals surface area contributed by atoms with Crippen molar-refractivity contribution in [2.75, 3.05) is 4.72 Å². The number of nitrogens with one attached hydrogen (secondary N) is 1. The Balaban J connectivity index is 2.37. The Kier molecular flexibility index (Phi) is 4.64. The molecule has 0 unspecified atom stereocenters. The number of rotatable bonds is 4. The summed E-state index contributed by atoms with van der Waals surface area (Å²) in [6.07, 6.45) is 0. The van der Waals surface area contributed by atoms with Gasteiger partial charge in [0.1, 0.15) is 0 Å². The van der Waals surface area contributed by atoms with E-state index >= 15 is 0 Å². The van der Waals surface area contributed by atoms with Gasteiger partial charge in [0, 0.05) is 10.5 Å². The van der Waals surface area contributed by atoms with Crippen LogP contribution < -0.4 is 4.72 Å². The molecule has 0 aliphatic heterocycles. The van der Waals surface area contributed by atoms with E-state index in [1.54, 1.807) is 12.1 Å². The molecule has 9 heteroatoms. The van der Waals surface area contributed by atoms with E-state index in [9.17, 15) is 18.5 Å². The minimum atomic E-state index is -3.81. The van der Waals surface area contributed by atoms with E-state index in [0.717, 1.165) is 6.07 Å². The minimum absolute atomic E-state index is 0.0578. The van der Waals surface area contributed by atoms with Crippen LogP contribution in [0.3, 0.4) is 0 Å². The highest BCUT2D eigenvalue weighted by Gasteiger charge is 2.18. The highest BCUT2D eigenvalue weighted by Crippen LogP contribution is 2.29. The van der Waals surface area contributed by atoms with Crippen LogP contribution in [0.2, 0.25) is 0 Å². The highest BCUT2D eigenvalue weighted by molar-refractivity contribution is 9.10. The van der Waals surface area contributed by atoms with Crippen LogP contribution in [0.25, 0.3) is 0 Å². The number of benzene rings is 2. The van der Waals surface area contributed by atoms with Crippen molar-refractivity contribution < 1.29 is 13.3 Å². The molecular formula is C12H8Br2N2O4S. The molecule has 2 aromatic rings. The molecule has 0 aromatic heterocycles. The fraction of sp³-hybridized carbons (Fsp3) is 0. The minimum Gasteiger partial charge on any atom is -0.279 e. The molecule has 0 amide bonds. The zero-order valence-corrected chi connectivity index (χ0v) is 14.3. The summed E-state index contributed by atoms with van der Waals surface area (Å²) in [6.45, 7) is 0. The van der Waals surface area contributed by atoms with Crippen molar-refractivity contribution in [1.29, 1.82) is 0 Å². The van der Waals surface area contributed by atoms with Crippen molar-refractivity contribution in [3.05, 3.63) is 61.5 Å². The summed E-state index contributed by atoms with van der Waals surface area (Å²) in [5.41, 5.74) is -0.102. The smallest absolute Gasteiger partial charge is 0.279 e.